The standard InChI is InChI=1S/C14H23FN4O.HI/c1-19(2)13(11-4-6-12(15)7-5-11)10-18-14(16)17-8-9-20-3;/h4-7,13H,8-10H2,1-3H3,(H3,16,17,18);1H. The van der Waals surface area contributed by atoms with Crippen molar-refractivity contribution in [1.82, 2.24) is 10.2 Å². The lowest BCUT2D eigenvalue weighted by Gasteiger charge is -2.23. The summed E-state index contributed by atoms with van der Waals surface area (Å²) in [5.41, 5.74) is 6.77. The number of nitrogens with zero attached hydrogens (tertiary/aromatic N) is 2. The van der Waals surface area contributed by atoms with E-state index in [0.717, 1.165) is 5.56 Å². The highest BCUT2D eigenvalue weighted by Crippen LogP contribution is 2.18. The molecular weight excluding hydrogens is 386 g/mol. The van der Waals surface area contributed by atoms with E-state index in [2.05, 4.69) is 10.3 Å². The summed E-state index contributed by atoms with van der Waals surface area (Å²) in [6, 6.07) is 6.50. The maximum atomic E-state index is 13.0. The van der Waals surface area contributed by atoms with Crippen molar-refractivity contribution in [1.29, 1.82) is 0 Å². The van der Waals surface area contributed by atoms with E-state index in [1.165, 1.54) is 12.1 Å². The maximum Gasteiger partial charge on any atom is 0.188 e. The Morgan fingerprint density at radius 2 is 2.00 bits per heavy atom. The van der Waals surface area contributed by atoms with Crippen LogP contribution in [-0.2, 0) is 4.74 Å². The molecule has 5 nitrogen and oxygen atoms in total. The van der Waals surface area contributed by atoms with Gasteiger partial charge in [0.2, 0.25) is 0 Å². The Labute approximate surface area is 142 Å². The molecule has 3 N–H and O–H groups in total. The molecule has 0 bridgehead atoms. The van der Waals surface area contributed by atoms with Crippen LogP contribution in [0.3, 0.4) is 0 Å². The smallest absolute Gasteiger partial charge is 0.188 e. The lowest BCUT2D eigenvalue weighted by molar-refractivity contribution is 0.204. The topological polar surface area (TPSA) is 62.9 Å². The molecule has 21 heavy (non-hydrogen) atoms. The van der Waals surface area contributed by atoms with Gasteiger partial charge < -0.3 is 20.7 Å². The van der Waals surface area contributed by atoms with Gasteiger partial charge in [-0.1, -0.05) is 12.1 Å². The van der Waals surface area contributed by atoms with E-state index in [1.807, 2.05) is 19.0 Å². The van der Waals surface area contributed by atoms with Crippen molar-refractivity contribution in [2.75, 3.05) is 40.9 Å². The number of aliphatic imine (C=N–C) groups is 1. The van der Waals surface area contributed by atoms with Crippen LogP contribution >= 0.6 is 24.0 Å². The molecule has 0 aliphatic heterocycles. The second-order valence-corrected chi connectivity index (χ2v) is 4.68. The summed E-state index contributed by atoms with van der Waals surface area (Å²) < 4.78 is 17.9. The minimum atomic E-state index is -0.240. The van der Waals surface area contributed by atoms with Crippen molar-refractivity contribution in [3.05, 3.63) is 35.6 Å². The number of hydrogen-bond donors (Lipinski definition) is 2. The molecule has 0 radical (unpaired) electrons. The first-order valence-electron chi connectivity index (χ1n) is 6.49. The van der Waals surface area contributed by atoms with Crippen LogP contribution in [0.15, 0.2) is 29.3 Å². The number of ether oxygens (including phenoxy) is 1. The molecule has 1 rings (SSSR count). The van der Waals surface area contributed by atoms with Gasteiger partial charge >= 0.3 is 0 Å². The number of likely N-dealkylation sites (N-methyl/N-ethyl adjacent to an activating group) is 1. The fourth-order valence-electron chi connectivity index (χ4n) is 1.77. The summed E-state index contributed by atoms with van der Waals surface area (Å²) in [6.45, 7) is 1.70. The molecule has 1 unspecified atom stereocenters. The van der Waals surface area contributed by atoms with Crippen molar-refractivity contribution >= 4 is 29.9 Å². The zero-order valence-corrected chi connectivity index (χ0v) is 15.0. The SMILES string of the molecule is COCCNC(N)=NCC(c1ccc(F)cc1)N(C)C.I. The highest BCUT2D eigenvalue weighted by molar-refractivity contribution is 14.0. The fraction of sp³-hybridized carbons (Fsp3) is 0.500. The van der Waals surface area contributed by atoms with Crippen LogP contribution in [0.25, 0.3) is 0 Å². The number of nitrogens with one attached hydrogen (secondary N) is 1. The normalized spacial score (nSPS) is 12.9. The van der Waals surface area contributed by atoms with Crippen LogP contribution in [0, 0.1) is 5.82 Å². The second-order valence-electron chi connectivity index (χ2n) is 4.68. The Balaban J connectivity index is 0.00000400. The first kappa shape index (κ1) is 20.1. The van der Waals surface area contributed by atoms with E-state index in [9.17, 15) is 4.39 Å². The molecule has 1 atom stereocenters. The van der Waals surface area contributed by atoms with Crippen molar-refractivity contribution in [2.45, 2.75) is 6.04 Å². The van der Waals surface area contributed by atoms with E-state index < -0.39 is 0 Å². The summed E-state index contributed by atoms with van der Waals surface area (Å²) in [5, 5.41) is 2.96. The fourth-order valence-corrected chi connectivity index (χ4v) is 1.77. The summed E-state index contributed by atoms with van der Waals surface area (Å²) in [4.78, 5) is 6.34. The number of benzene rings is 1. The monoisotopic (exact) mass is 410 g/mol. The molecule has 0 heterocycles. The largest absolute Gasteiger partial charge is 0.383 e. The zero-order chi connectivity index (χ0) is 15.0. The Morgan fingerprint density at radius 3 is 2.52 bits per heavy atom. The Kier molecular flexibility index (Phi) is 10.3. The predicted octanol–water partition coefficient (Wildman–Crippen LogP) is 1.60. The average Bonchev–Trinajstić information content (AvgIpc) is 2.41. The second kappa shape index (κ2) is 10.7. The van der Waals surface area contributed by atoms with Crippen molar-refractivity contribution in [2.24, 2.45) is 10.7 Å². The van der Waals surface area contributed by atoms with Crippen LogP contribution in [0.5, 0.6) is 0 Å². The molecule has 1 aromatic rings. The average molecular weight is 410 g/mol. The van der Waals surface area contributed by atoms with Gasteiger partial charge in [0.1, 0.15) is 5.82 Å². The lowest BCUT2D eigenvalue weighted by Crippen LogP contribution is -2.35. The van der Waals surface area contributed by atoms with Gasteiger partial charge in [-0.2, -0.15) is 0 Å². The van der Waals surface area contributed by atoms with Gasteiger partial charge in [0.05, 0.1) is 19.2 Å². The minimum absolute atomic E-state index is 0. The summed E-state index contributed by atoms with van der Waals surface area (Å²) in [7, 11) is 5.54. The Morgan fingerprint density at radius 1 is 1.38 bits per heavy atom. The van der Waals surface area contributed by atoms with E-state index in [-0.39, 0.29) is 35.8 Å². The molecule has 0 aliphatic carbocycles. The van der Waals surface area contributed by atoms with Crippen LogP contribution in [0.4, 0.5) is 4.39 Å². The van der Waals surface area contributed by atoms with Crippen LogP contribution in [0.1, 0.15) is 11.6 Å². The first-order valence-corrected chi connectivity index (χ1v) is 6.49. The van der Waals surface area contributed by atoms with E-state index in [4.69, 9.17) is 10.5 Å². The molecule has 0 fully saturated rings. The molecule has 0 saturated heterocycles. The molecular formula is C14H24FIN4O. The Hall–Kier alpha value is -0.930. The van der Waals surface area contributed by atoms with Gasteiger partial charge in [-0.15, -0.1) is 24.0 Å². The third kappa shape index (κ3) is 7.58. The van der Waals surface area contributed by atoms with Gasteiger partial charge in [0, 0.05) is 13.7 Å². The third-order valence-electron chi connectivity index (χ3n) is 2.92. The van der Waals surface area contributed by atoms with Gasteiger partial charge in [-0.3, -0.25) is 4.99 Å². The third-order valence-corrected chi connectivity index (χ3v) is 2.92. The van der Waals surface area contributed by atoms with Gasteiger partial charge in [0.25, 0.3) is 0 Å². The quantitative estimate of drug-likeness (QED) is 0.310. The number of methoxy groups -OCH3 is 1. The van der Waals surface area contributed by atoms with Gasteiger partial charge in [-0.05, 0) is 31.8 Å². The predicted molar refractivity (Wildman–Crippen MR) is 94.6 cm³/mol. The van der Waals surface area contributed by atoms with Gasteiger partial charge in [0.15, 0.2) is 5.96 Å². The molecule has 0 spiro atoms. The van der Waals surface area contributed by atoms with E-state index in [0.29, 0.717) is 25.7 Å². The van der Waals surface area contributed by atoms with Crippen molar-refractivity contribution in [3.63, 3.8) is 0 Å². The zero-order valence-electron chi connectivity index (χ0n) is 12.7. The van der Waals surface area contributed by atoms with E-state index in [1.54, 1.807) is 19.2 Å². The number of rotatable bonds is 7. The maximum absolute atomic E-state index is 13.0. The molecule has 0 amide bonds. The van der Waals surface area contributed by atoms with Crippen LogP contribution in [-0.4, -0.2) is 51.8 Å². The van der Waals surface area contributed by atoms with E-state index >= 15 is 0 Å². The first-order chi connectivity index (χ1) is 9.54. The van der Waals surface area contributed by atoms with Crippen molar-refractivity contribution in [3.8, 4) is 0 Å². The summed E-state index contributed by atoms with van der Waals surface area (Å²) in [5.74, 6) is 0.145. The number of nitrogens with two attached hydrogens (primary N) is 1. The molecule has 120 valence electrons. The number of hydrogen-bond acceptors (Lipinski definition) is 3. The minimum Gasteiger partial charge on any atom is -0.383 e. The Bertz CT molecular complexity index is 425. The summed E-state index contributed by atoms with van der Waals surface area (Å²) >= 11 is 0. The molecule has 0 saturated carbocycles. The van der Waals surface area contributed by atoms with Crippen molar-refractivity contribution < 1.29 is 9.13 Å². The van der Waals surface area contributed by atoms with Gasteiger partial charge in [-0.25, -0.2) is 4.39 Å². The molecule has 7 heteroatoms. The molecule has 0 aromatic heterocycles. The molecule has 0 aliphatic rings. The lowest BCUT2D eigenvalue weighted by atomic mass is 10.1. The number of halogens is 2. The highest BCUT2D eigenvalue weighted by atomic mass is 127. The van der Waals surface area contributed by atoms with Crippen LogP contribution < -0.4 is 11.1 Å². The molecule has 1 aromatic carbocycles. The summed E-state index contributed by atoms with van der Waals surface area (Å²) in [6.07, 6.45) is 0. The number of guanidine groups is 1. The van der Waals surface area contributed by atoms with Crippen LogP contribution in [0.2, 0.25) is 0 Å². The highest BCUT2D eigenvalue weighted by Gasteiger charge is 2.13.